The van der Waals surface area contributed by atoms with E-state index in [0.717, 1.165) is 29.0 Å². The summed E-state index contributed by atoms with van der Waals surface area (Å²) >= 11 is 1.83. The number of thioether (sulfide) groups is 1. The molecule has 5 heteroatoms. The molecule has 1 N–H and O–H groups in total. The number of imidazole rings is 1. The number of carbonyl (C=O) groups is 1. The minimum absolute atomic E-state index is 0.338. The predicted octanol–water partition coefficient (Wildman–Crippen LogP) is 3.93. The van der Waals surface area contributed by atoms with E-state index in [0.29, 0.717) is 17.5 Å². The van der Waals surface area contributed by atoms with Crippen LogP contribution in [-0.4, -0.2) is 32.6 Å². The van der Waals surface area contributed by atoms with Gasteiger partial charge in [0, 0.05) is 17.7 Å². The summed E-state index contributed by atoms with van der Waals surface area (Å²) in [7, 11) is 0. The summed E-state index contributed by atoms with van der Waals surface area (Å²) in [6, 6.07) is 5.64. The summed E-state index contributed by atoms with van der Waals surface area (Å²) in [5, 5.41) is 9.23. The Labute approximate surface area is 128 Å². The molecular weight excluding hydrogens is 284 g/mol. The van der Waals surface area contributed by atoms with E-state index < -0.39 is 5.97 Å². The zero-order chi connectivity index (χ0) is 15.0. The Hall–Kier alpha value is -1.49. The first-order chi connectivity index (χ1) is 10.2. The van der Waals surface area contributed by atoms with E-state index in [2.05, 4.69) is 17.7 Å². The van der Waals surface area contributed by atoms with Crippen molar-refractivity contribution in [2.45, 2.75) is 38.1 Å². The van der Waals surface area contributed by atoms with Crippen LogP contribution in [0.1, 0.15) is 54.3 Å². The third-order valence-electron chi connectivity index (χ3n) is 4.10. The zero-order valence-corrected chi connectivity index (χ0v) is 13.2. The number of rotatable bonds is 6. The molecule has 0 bridgehead atoms. The van der Waals surface area contributed by atoms with E-state index in [1.54, 1.807) is 12.1 Å². The maximum Gasteiger partial charge on any atom is 0.335 e. The molecule has 21 heavy (non-hydrogen) atoms. The van der Waals surface area contributed by atoms with Crippen LogP contribution in [0.5, 0.6) is 0 Å². The first-order valence-electron chi connectivity index (χ1n) is 7.39. The van der Waals surface area contributed by atoms with Gasteiger partial charge in [0.2, 0.25) is 0 Å². The summed E-state index contributed by atoms with van der Waals surface area (Å²) in [6.07, 6.45) is 5.54. The zero-order valence-electron chi connectivity index (χ0n) is 12.4. The molecule has 1 aliphatic carbocycles. The molecule has 0 saturated heterocycles. The van der Waals surface area contributed by atoms with Gasteiger partial charge in [0.15, 0.2) is 0 Å². The van der Waals surface area contributed by atoms with Crippen LogP contribution in [0.2, 0.25) is 0 Å². The second kappa shape index (κ2) is 5.72. The monoisotopic (exact) mass is 304 g/mol. The summed E-state index contributed by atoms with van der Waals surface area (Å²) in [5.74, 6) is 1.85. The van der Waals surface area contributed by atoms with Crippen molar-refractivity contribution >= 4 is 28.8 Å². The average molecular weight is 304 g/mol. The lowest BCUT2D eigenvalue weighted by Gasteiger charge is -2.19. The Bertz CT molecular complexity index is 676. The van der Waals surface area contributed by atoms with Crippen molar-refractivity contribution in [3.8, 4) is 0 Å². The molecule has 1 unspecified atom stereocenters. The maximum absolute atomic E-state index is 11.2. The Morgan fingerprint density at radius 3 is 2.86 bits per heavy atom. The number of hydrogen-bond acceptors (Lipinski definition) is 3. The Balaban J connectivity index is 2.18. The van der Waals surface area contributed by atoms with Crippen molar-refractivity contribution in [2.24, 2.45) is 0 Å². The number of aromatic carboxylic acids is 1. The number of nitrogens with zero attached hydrogens (tertiary/aromatic N) is 2. The molecule has 1 saturated carbocycles. The van der Waals surface area contributed by atoms with Gasteiger partial charge in [0.05, 0.1) is 16.6 Å². The first-order valence-corrected chi connectivity index (χ1v) is 8.79. The lowest BCUT2D eigenvalue weighted by molar-refractivity contribution is 0.0697. The van der Waals surface area contributed by atoms with Crippen LogP contribution < -0.4 is 0 Å². The molecule has 1 heterocycles. The van der Waals surface area contributed by atoms with Gasteiger partial charge in [-0.3, -0.25) is 0 Å². The van der Waals surface area contributed by atoms with Crippen molar-refractivity contribution < 1.29 is 9.90 Å². The fourth-order valence-electron chi connectivity index (χ4n) is 2.83. The van der Waals surface area contributed by atoms with E-state index in [-0.39, 0.29) is 0 Å². The van der Waals surface area contributed by atoms with Gasteiger partial charge in [0.1, 0.15) is 5.82 Å². The molecule has 1 aliphatic rings. The minimum atomic E-state index is -0.879. The summed E-state index contributed by atoms with van der Waals surface area (Å²) in [4.78, 5) is 16.0. The molecule has 1 atom stereocenters. The maximum atomic E-state index is 11.2. The highest BCUT2D eigenvalue weighted by Crippen LogP contribution is 2.42. The number of aromatic nitrogens is 2. The van der Waals surface area contributed by atoms with E-state index in [1.807, 2.05) is 17.8 Å². The van der Waals surface area contributed by atoms with Gasteiger partial charge < -0.3 is 9.67 Å². The normalized spacial score (nSPS) is 16.3. The van der Waals surface area contributed by atoms with Gasteiger partial charge in [-0.1, -0.05) is 6.92 Å². The van der Waals surface area contributed by atoms with E-state index >= 15 is 0 Å². The number of carboxylic acid groups (broad SMARTS) is 1. The topological polar surface area (TPSA) is 55.1 Å². The highest BCUT2D eigenvalue weighted by Gasteiger charge is 2.31. The molecular formula is C16H20N2O2S. The molecule has 0 spiro atoms. The SMILES string of the molecule is CCC(CSC)n1c(C2CC2)nc2ccc(C(=O)O)cc21. The average Bonchev–Trinajstić information content (AvgIpc) is 3.25. The molecule has 2 aromatic rings. The molecule has 112 valence electrons. The largest absolute Gasteiger partial charge is 0.478 e. The van der Waals surface area contributed by atoms with Gasteiger partial charge in [-0.2, -0.15) is 11.8 Å². The number of fused-ring (bicyclic) bond motifs is 1. The van der Waals surface area contributed by atoms with Crippen molar-refractivity contribution in [1.29, 1.82) is 0 Å². The van der Waals surface area contributed by atoms with Gasteiger partial charge in [-0.25, -0.2) is 9.78 Å². The van der Waals surface area contributed by atoms with E-state index in [4.69, 9.17) is 4.98 Å². The van der Waals surface area contributed by atoms with Crippen LogP contribution in [0.3, 0.4) is 0 Å². The minimum Gasteiger partial charge on any atom is -0.478 e. The summed E-state index contributed by atoms with van der Waals surface area (Å²) < 4.78 is 2.30. The highest BCUT2D eigenvalue weighted by atomic mass is 32.2. The van der Waals surface area contributed by atoms with E-state index in [1.165, 1.54) is 12.8 Å². The van der Waals surface area contributed by atoms with E-state index in [9.17, 15) is 9.90 Å². The summed E-state index contributed by atoms with van der Waals surface area (Å²) in [6.45, 7) is 2.18. The molecule has 0 radical (unpaired) electrons. The summed E-state index contributed by atoms with van der Waals surface area (Å²) in [5.41, 5.74) is 2.23. The molecule has 0 amide bonds. The third kappa shape index (κ3) is 2.67. The molecule has 4 nitrogen and oxygen atoms in total. The molecule has 1 aromatic carbocycles. The lowest BCUT2D eigenvalue weighted by Crippen LogP contribution is -2.14. The molecule has 1 fully saturated rings. The molecule has 0 aliphatic heterocycles. The molecule has 3 rings (SSSR count). The second-order valence-corrected chi connectivity index (χ2v) is 6.55. The lowest BCUT2D eigenvalue weighted by atomic mass is 10.2. The van der Waals surface area contributed by atoms with Crippen LogP contribution in [0.15, 0.2) is 18.2 Å². The first kappa shape index (κ1) is 14.4. The standard InChI is InChI=1S/C16H20N2O2S/c1-3-12(9-21-2)18-14-8-11(16(19)20)6-7-13(14)17-15(18)10-4-5-10/h6-8,10,12H,3-5,9H2,1-2H3,(H,19,20). The van der Waals surface area contributed by atoms with Crippen LogP contribution in [0, 0.1) is 0 Å². The highest BCUT2D eigenvalue weighted by molar-refractivity contribution is 7.98. The number of benzene rings is 1. The van der Waals surface area contributed by atoms with Crippen LogP contribution >= 0.6 is 11.8 Å². The Morgan fingerprint density at radius 1 is 1.52 bits per heavy atom. The fourth-order valence-corrected chi connectivity index (χ4v) is 3.59. The molecule has 1 aromatic heterocycles. The van der Waals surface area contributed by atoms with Gasteiger partial charge in [-0.15, -0.1) is 0 Å². The van der Waals surface area contributed by atoms with Crippen molar-refractivity contribution in [3.63, 3.8) is 0 Å². The second-order valence-electron chi connectivity index (χ2n) is 5.64. The van der Waals surface area contributed by atoms with Gasteiger partial charge in [-0.05, 0) is 43.7 Å². The van der Waals surface area contributed by atoms with Gasteiger partial charge >= 0.3 is 5.97 Å². The van der Waals surface area contributed by atoms with Crippen molar-refractivity contribution in [1.82, 2.24) is 9.55 Å². The quantitative estimate of drug-likeness (QED) is 0.878. The van der Waals surface area contributed by atoms with Crippen LogP contribution in [-0.2, 0) is 0 Å². The predicted molar refractivity (Wildman–Crippen MR) is 86.4 cm³/mol. The van der Waals surface area contributed by atoms with Crippen molar-refractivity contribution in [2.75, 3.05) is 12.0 Å². The van der Waals surface area contributed by atoms with Crippen molar-refractivity contribution in [3.05, 3.63) is 29.6 Å². The smallest absolute Gasteiger partial charge is 0.335 e. The van der Waals surface area contributed by atoms with Gasteiger partial charge in [0.25, 0.3) is 0 Å². The van der Waals surface area contributed by atoms with Crippen LogP contribution in [0.4, 0.5) is 0 Å². The third-order valence-corrected chi connectivity index (χ3v) is 4.82. The van der Waals surface area contributed by atoms with Crippen LogP contribution in [0.25, 0.3) is 11.0 Å². The number of hydrogen-bond donors (Lipinski definition) is 1. The number of carboxylic acids is 1. The Morgan fingerprint density at radius 2 is 2.29 bits per heavy atom. The fraction of sp³-hybridized carbons (Fsp3) is 0.500. The Kier molecular flexibility index (Phi) is 3.93.